The van der Waals surface area contributed by atoms with Crippen LogP contribution in [0.15, 0.2) is 47.5 Å². The van der Waals surface area contributed by atoms with Crippen LogP contribution in [0.4, 0.5) is 4.39 Å². The minimum atomic E-state index is -0.164. The van der Waals surface area contributed by atoms with Crippen LogP contribution in [0.5, 0.6) is 0 Å². The van der Waals surface area contributed by atoms with Gasteiger partial charge in [-0.2, -0.15) is 0 Å². The highest BCUT2D eigenvalue weighted by Gasteiger charge is 2.23. The van der Waals surface area contributed by atoms with Gasteiger partial charge in [-0.05, 0) is 24.3 Å². The summed E-state index contributed by atoms with van der Waals surface area (Å²) in [6.45, 7) is 3.28. The number of benzene rings is 1. The molecule has 1 aromatic carbocycles. The van der Waals surface area contributed by atoms with Gasteiger partial charge in [0.05, 0.1) is 18.1 Å². The lowest BCUT2D eigenvalue weighted by Gasteiger charge is -2.28. The van der Waals surface area contributed by atoms with Crippen LogP contribution < -0.4 is 17.3 Å². The fourth-order valence-electron chi connectivity index (χ4n) is 2.81. The SMILES string of the molecule is Fc1ccc(C[NH+]2CCC(Sc3cccc(Cl)n3)CC2)cc1.[Cl-]. The lowest BCUT2D eigenvalue weighted by Crippen LogP contribution is -3.11. The molecule has 6 heteroatoms. The van der Waals surface area contributed by atoms with E-state index in [0.29, 0.717) is 10.4 Å². The van der Waals surface area contributed by atoms with Crippen molar-refractivity contribution >= 4 is 23.4 Å². The number of aromatic nitrogens is 1. The second-order valence-corrected chi connectivity index (χ2v) is 7.38. The van der Waals surface area contributed by atoms with Crippen LogP contribution in [0, 0.1) is 5.82 Å². The Hall–Kier alpha value is -0.810. The van der Waals surface area contributed by atoms with E-state index in [2.05, 4.69) is 4.98 Å². The second kappa shape index (κ2) is 8.88. The normalized spacial score (nSPS) is 20.8. The largest absolute Gasteiger partial charge is 1.00 e. The van der Waals surface area contributed by atoms with Crippen molar-refractivity contribution in [2.45, 2.75) is 29.7 Å². The van der Waals surface area contributed by atoms with Crippen molar-refractivity contribution in [1.29, 1.82) is 0 Å². The zero-order chi connectivity index (χ0) is 15.4. The van der Waals surface area contributed by atoms with E-state index in [1.807, 2.05) is 36.0 Å². The molecule has 1 saturated heterocycles. The second-order valence-electron chi connectivity index (χ2n) is 5.67. The van der Waals surface area contributed by atoms with Crippen LogP contribution in [0.3, 0.4) is 0 Å². The van der Waals surface area contributed by atoms with Crippen molar-refractivity contribution in [2.75, 3.05) is 13.1 Å². The fraction of sp³-hybridized carbons (Fsp3) is 0.353. The van der Waals surface area contributed by atoms with Crippen molar-refractivity contribution in [3.8, 4) is 0 Å². The standard InChI is InChI=1S/C17H18ClFN2S.ClH/c18-16-2-1-3-17(20-16)22-15-8-10-21(11-9-15)12-13-4-6-14(19)7-5-13;/h1-7,15H,8-12H2;1H. The molecule has 2 heterocycles. The van der Waals surface area contributed by atoms with Crippen LogP contribution in [-0.2, 0) is 6.54 Å². The average Bonchev–Trinajstić information content (AvgIpc) is 2.52. The van der Waals surface area contributed by atoms with Crippen molar-refractivity contribution in [1.82, 2.24) is 4.98 Å². The van der Waals surface area contributed by atoms with Crippen molar-refractivity contribution in [2.24, 2.45) is 0 Å². The molecule has 0 unspecified atom stereocenters. The Balaban J connectivity index is 0.00000192. The molecule has 124 valence electrons. The summed E-state index contributed by atoms with van der Waals surface area (Å²) in [6, 6.07) is 12.6. The molecule has 23 heavy (non-hydrogen) atoms. The molecule has 1 N–H and O–H groups in total. The molecular weight excluding hydrogens is 354 g/mol. The molecule has 1 aliphatic heterocycles. The fourth-order valence-corrected chi connectivity index (χ4v) is 4.15. The Morgan fingerprint density at radius 2 is 1.83 bits per heavy atom. The van der Waals surface area contributed by atoms with E-state index in [4.69, 9.17) is 11.6 Å². The highest BCUT2D eigenvalue weighted by molar-refractivity contribution is 7.99. The van der Waals surface area contributed by atoms with Crippen LogP contribution >= 0.6 is 23.4 Å². The number of halogens is 3. The smallest absolute Gasteiger partial charge is 0.130 e. The van der Waals surface area contributed by atoms with E-state index in [9.17, 15) is 4.39 Å². The summed E-state index contributed by atoms with van der Waals surface area (Å²) in [5.74, 6) is -0.164. The summed E-state index contributed by atoms with van der Waals surface area (Å²) < 4.78 is 12.9. The number of likely N-dealkylation sites (tertiary alicyclic amines) is 1. The summed E-state index contributed by atoms with van der Waals surface area (Å²) in [6.07, 6.45) is 2.35. The van der Waals surface area contributed by atoms with E-state index < -0.39 is 0 Å². The van der Waals surface area contributed by atoms with Gasteiger partial charge in [0.1, 0.15) is 17.5 Å². The molecule has 0 amide bonds. The lowest BCUT2D eigenvalue weighted by molar-refractivity contribution is -0.918. The third-order valence-corrected chi connectivity index (χ3v) is 5.47. The molecule has 2 nitrogen and oxygen atoms in total. The number of nitrogens with zero attached hydrogens (tertiary/aromatic N) is 1. The molecule has 1 aromatic heterocycles. The van der Waals surface area contributed by atoms with Gasteiger partial charge in [-0.15, -0.1) is 11.8 Å². The van der Waals surface area contributed by atoms with Gasteiger partial charge in [-0.25, -0.2) is 9.37 Å². The van der Waals surface area contributed by atoms with Gasteiger partial charge >= 0.3 is 0 Å². The minimum Gasteiger partial charge on any atom is -1.00 e. The Morgan fingerprint density at radius 3 is 2.48 bits per heavy atom. The maximum absolute atomic E-state index is 12.9. The molecule has 0 spiro atoms. The van der Waals surface area contributed by atoms with E-state index in [1.165, 1.54) is 18.4 Å². The average molecular weight is 373 g/mol. The van der Waals surface area contributed by atoms with Gasteiger partial charge in [-0.3, -0.25) is 0 Å². The third-order valence-electron chi connectivity index (χ3n) is 3.98. The Morgan fingerprint density at radius 1 is 1.13 bits per heavy atom. The molecule has 3 rings (SSSR count). The van der Waals surface area contributed by atoms with Gasteiger partial charge in [0.25, 0.3) is 0 Å². The third kappa shape index (κ3) is 5.64. The molecule has 1 fully saturated rings. The summed E-state index contributed by atoms with van der Waals surface area (Å²) in [5.41, 5.74) is 1.21. The first kappa shape index (κ1) is 18.5. The monoisotopic (exact) mass is 372 g/mol. The molecular formula is C17H19Cl2FN2S. The Labute approximate surface area is 151 Å². The van der Waals surface area contributed by atoms with Crippen LogP contribution in [0.1, 0.15) is 18.4 Å². The maximum atomic E-state index is 12.9. The summed E-state index contributed by atoms with van der Waals surface area (Å²) >= 11 is 7.76. The van der Waals surface area contributed by atoms with Gasteiger partial charge in [0, 0.05) is 23.7 Å². The molecule has 1 aliphatic rings. The first-order chi connectivity index (χ1) is 10.7. The van der Waals surface area contributed by atoms with E-state index >= 15 is 0 Å². The van der Waals surface area contributed by atoms with Gasteiger partial charge < -0.3 is 17.3 Å². The molecule has 0 atom stereocenters. The maximum Gasteiger partial charge on any atom is 0.130 e. The molecule has 2 aromatic rings. The lowest BCUT2D eigenvalue weighted by atomic mass is 10.1. The number of quaternary nitrogens is 1. The van der Waals surface area contributed by atoms with Crippen LogP contribution in [0.2, 0.25) is 5.15 Å². The Bertz CT molecular complexity index is 616. The van der Waals surface area contributed by atoms with Gasteiger partial charge in [-0.1, -0.05) is 29.8 Å². The van der Waals surface area contributed by atoms with E-state index in [0.717, 1.165) is 24.7 Å². The number of thioether (sulfide) groups is 1. The number of rotatable bonds is 4. The highest BCUT2D eigenvalue weighted by Crippen LogP contribution is 2.27. The summed E-state index contributed by atoms with van der Waals surface area (Å²) in [5, 5.41) is 2.19. The van der Waals surface area contributed by atoms with Crippen LogP contribution in [0.25, 0.3) is 0 Å². The number of pyridine rings is 1. The van der Waals surface area contributed by atoms with Crippen LogP contribution in [-0.4, -0.2) is 23.3 Å². The predicted molar refractivity (Wildman–Crippen MR) is 88.9 cm³/mol. The molecule has 0 radical (unpaired) electrons. The van der Waals surface area contributed by atoms with Gasteiger partial charge in [0.15, 0.2) is 0 Å². The first-order valence-electron chi connectivity index (χ1n) is 7.56. The highest BCUT2D eigenvalue weighted by atomic mass is 35.5. The van der Waals surface area contributed by atoms with Gasteiger partial charge in [0.2, 0.25) is 0 Å². The zero-order valence-corrected chi connectivity index (χ0v) is 15.0. The molecule has 0 bridgehead atoms. The van der Waals surface area contributed by atoms with Crippen molar-refractivity contribution in [3.05, 3.63) is 59.0 Å². The van der Waals surface area contributed by atoms with E-state index in [1.54, 1.807) is 23.1 Å². The number of hydrogen-bond acceptors (Lipinski definition) is 2. The van der Waals surface area contributed by atoms with E-state index in [-0.39, 0.29) is 18.2 Å². The predicted octanol–water partition coefficient (Wildman–Crippen LogP) is 0.218. The summed E-state index contributed by atoms with van der Waals surface area (Å²) in [7, 11) is 0. The molecule has 0 saturated carbocycles. The molecule has 0 aliphatic carbocycles. The number of nitrogens with one attached hydrogen (secondary N) is 1. The number of piperidine rings is 1. The van der Waals surface area contributed by atoms with Crippen molar-refractivity contribution < 1.29 is 21.7 Å². The Kier molecular flexibility index (Phi) is 7.15. The minimum absolute atomic E-state index is 0. The summed E-state index contributed by atoms with van der Waals surface area (Å²) in [4.78, 5) is 5.92. The zero-order valence-electron chi connectivity index (χ0n) is 12.6. The topological polar surface area (TPSA) is 17.3 Å². The van der Waals surface area contributed by atoms with Crippen molar-refractivity contribution in [3.63, 3.8) is 0 Å². The number of hydrogen-bond donors (Lipinski definition) is 1. The first-order valence-corrected chi connectivity index (χ1v) is 8.82. The quantitative estimate of drug-likeness (QED) is 0.773.